The summed E-state index contributed by atoms with van der Waals surface area (Å²) in [5.74, 6) is 0.139. The quantitative estimate of drug-likeness (QED) is 0.755. The largest absolute Gasteiger partial charge is 0.343 e. The van der Waals surface area contributed by atoms with E-state index in [1.807, 2.05) is 18.7 Å². The van der Waals surface area contributed by atoms with E-state index in [-0.39, 0.29) is 17.9 Å². The molecule has 0 aromatic heterocycles. The van der Waals surface area contributed by atoms with Crippen LogP contribution in [-0.4, -0.2) is 53.8 Å². The smallest absolute Gasteiger partial charge is 0.223 e. The molecule has 1 rings (SSSR count). The molecule has 1 heterocycles. The Hall–Kier alpha value is -1.10. The number of rotatable bonds is 6. The minimum atomic E-state index is 0.0665. The van der Waals surface area contributed by atoms with Gasteiger partial charge in [0.25, 0.3) is 0 Å². The average molecular weight is 255 g/mol. The molecule has 1 saturated heterocycles. The van der Waals surface area contributed by atoms with Gasteiger partial charge in [-0.25, -0.2) is 0 Å². The molecule has 0 spiro atoms. The molecule has 18 heavy (non-hydrogen) atoms. The fraction of sp³-hybridized carbons (Fsp3) is 0.846. The van der Waals surface area contributed by atoms with Crippen LogP contribution in [0, 0.1) is 0 Å². The predicted octanol–water partition coefficient (Wildman–Crippen LogP) is 0.585. The Morgan fingerprint density at radius 3 is 2.50 bits per heavy atom. The van der Waals surface area contributed by atoms with Crippen molar-refractivity contribution in [2.24, 2.45) is 5.73 Å². The van der Waals surface area contributed by atoms with Crippen molar-refractivity contribution < 1.29 is 9.59 Å². The van der Waals surface area contributed by atoms with Gasteiger partial charge in [-0.05, 0) is 26.7 Å². The second-order valence-corrected chi connectivity index (χ2v) is 4.68. The Bertz CT molecular complexity index is 290. The lowest BCUT2D eigenvalue weighted by molar-refractivity contribution is -0.137. The van der Waals surface area contributed by atoms with Crippen LogP contribution in [0.1, 0.15) is 39.5 Å². The molecular weight excluding hydrogens is 230 g/mol. The minimum Gasteiger partial charge on any atom is -0.343 e. The maximum absolute atomic E-state index is 12.0. The Labute approximate surface area is 109 Å². The van der Waals surface area contributed by atoms with Gasteiger partial charge in [0.1, 0.15) is 0 Å². The number of carbonyl (C=O) groups is 2. The van der Waals surface area contributed by atoms with Gasteiger partial charge in [-0.15, -0.1) is 0 Å². The van der Waals surface area contributed by atoms with Crippen molar-refractivity contribution in [3.05, 3.63) is 0 Å². The molecule has 104 valence electrons. The summed E-state index contributed by atoms with van der Waals surface area (Å²) in [5.41, 5.74) is 5.64. The lowest BCUT2D eigenvalue weighted by atomic mass is 10.2. The SMILES string of the molecule is CCN(CC)C(=O)CCC(=O)N1CCCC1CN. The first-order chi connectivity index (χ1) is 8.63. The number of likely N-dealkylation sites (tertiary alicyclic amines) is 1. The fourth-order valence-electron chi connectivity index (χ4n) is 2.50. The summed E-state index contributed by atoms with van der Waals surface area (Å²) in [5, 5.41) is 0. The number of carbonyl (C=O) groups excluding carboxylic acids is 2. The van der Waals surface area contributed by atoms with Gasteiger partial charge in [0.05, 0.1) is 0 Å². The number of amides is 2. The molecule has 2 N–H and O–H groups in total. The number of hydrogen-bond acceptors (Lipinski definition) is 3. The molecule has 1 aliphatic rings. The zero-order chi connectivity index (χ0) is 13.5. The summed E-state index contributed by atoms with van der Waals surface area (Å²) in [6.07, 6.45) is 2.64. The highest BCUT2D eigenvalue weighted by Gasteiger charge is 2.27. The molecule has 0 bridgehead atoms. The highest BCUT2D eigenvalue weighted by atomic mass is 16.2. The van der Waals surface area contributed by atoms with Crippen LogP contribution in [0.3, 0.4) is 0 Å². The fourth-order valence-corrected chi connectivity index (χ4v) is 2.50. The van der Waals surface area contributed by atoms with Crippen molar-refractivity contribution in [2.45, 2.75) is 45.6 Å². The van der Waals surface area contributed by atoms with Gasteiger partial charge in [0.2, 0.25) is 11.8 Å². The van der Waals surface area contributed by atoms with Crippen LogP contribution >= 0.6 is 0 Å². The van der Waals surface area contributed by atoms with Crippen LogP contribution in [0.2, 0.25) is 0 Å². The molecule has 0 radical (unpaired) electrons. The molecule has 2 amide bonds. The molecule has 1 unspecified atom stereocenters. The molecule has 0 saturated carbocycles. The second-order valence-electron chi connectivity index (χ2n) is 4.68. The number of nitrogens with zero attached hydrogens (tertiary/aromatic N) is 2. The predicted molar refractivity (Wildman–Crippen MR) is 71.0 cm³/mol. The third-order valence-corrected chi connectivity index (χ3v) is 3.64. The summed E-state index contributed by atoms with van der Waals surface area (Å²) >= 11 is 0. The third-order valence-electron chi connectivity index (χ3n) is 3.64. The Morgan fingerprint density at radius 1 is 1.28 bits per heavy atom. The standard InChI is InChI=1S/C13H25N3O2/c1-3-15(4-2)12(17)7-8-13(18)16-9-5-6-11(16)10-14/h11H,3-10,14H2,1-2H3. The van der Waals surface area contributed by atoms with Crippen LogP contribution in [0.4, 0.5) is 0 Å². The van der Waals surface area contributed by atoms with E-state index in [0.717, 1.165) is 19.4 Å². The van der Waals surface area contributed by atoms with E-state index >= 15 is 0 Å². The summed E-state index contributed by atoms with van der Waals surface area (Å²) < 4.78 is 0. The highest BCUT2D eigenvalue weighted by molar-refractivity contribution is 5.84. The molecule has 1 atom stereocenters. The van der Waals surface area contributed by atoms with E-state index in [1.165, 1.54) is 0 Å². The molecular formula is C13H25N3O2. The zero-order valence-electron chi connectivity index (χ0n) is 11.5. The van der Waals surface area contributed by atoms with Crippen molar-refractivity contribution in [3.63, 3.8) is 0 Å². The summed E-state index contributed by atoms with van der Waals surface area (Å²) in [7, 11) is 0. The topological polar surface area (TPSA) is 66.6 Å². The lowest BCUT2D eigenvalue weighted by Gasteiger charge is -2.24. The van der Waals surface area contributed by atoms with E-state index in [0.29, 0.717) is 32.5 Å². The van der Waals surface area contributed by atoms with E-state index in [4.69, 9.17) is 5.73 Å². The maximum Gasteiger partial charge on any atom is 0.223 e. The summed E-state index contributed by atoms with van der Waals surface area (Å²) in [4.78, 5) is 27.4. The highest BCUT2D eigenvalue weighted by Crippen LogP contribution is 2.17. The molecule has 5 nitrogen and oxygen atoms in total. The zero-order valence-corrected chi connectivity index (χ0v) is 11.5. The molecule has 5 heteroatoms. The van der Waals surface area contributed by atoms with E-state index in [1.54, 1.807) is 4.90 Å². The minimum absolute atomic E-state index is 0.0665. The van der Waals surface area contributed by atoms with Crippen molar-refractivity contribution >= 4 is 11.8 Å². The van der Waals surface area contributed by atoms with Gasteiger partial charge in [-0.1, -0.05) is 0 Å². The van der Waals surface area contributed by atoms with Gasteiger partial charge in [0.15, 0.2) is 0 Å². The molecule has 0 aliphatic carbocycles. The third kappa shape index (κ3) is 3.70. The van der Waals surface area contributed by atoms with Crippen molar-refractivity contribution in [1.82, 2.24) is 9.80 Å². The van der Waals surface area contributed by atoms with E-state index in [2.05, 4.69) is 0 Å². The van der Waals surface area contributed by atoms with Gasteiger partial charge in [-0.3, -0.25) is 9.59 Å². The second kappa shape index (κ2) is 7.36. The first-order valence-corrected chi connectivity index (χ1v) is 6.91. The molecule has 1 fully saturated rings. The van der Waals surface area contributed by atoms with Gasteiger partial charge in [-0.2, -0.15) is 0 Å². The van der Waals surface area contributed by atoms with Crippen LogP contribution in [0.25, 0.3) is 0 Å². The number of hydrogen-bond donors (Lipinski definition) is 1. The average Bonchev–Trinajstić information content (AvgIpc) is 2.85. The monoisotopic (exact) mass is 255 g/mol. The Kier molecular flexibility index (Phi) is 6.12. The van der Waals surface area contributed by atoms with Crippen LogP contribution in [0.5, 0.6) is 0 Å². The number of nitrogens with two attached hydrogens (primary N) is 1. The van der Waals surface area contributed by atoms with E-state index in [9.17, 15) is 9.59 Å². The first-order valence-electron chi connectivity index (χ1n) is 6.91. The van der Waals surface area contributed by atoms with Crippen LogP contribution < -0.4 is 5.73 Å². The van der Waals surface area contributed by atoms with E-state index < -0.39 is 0 Å². The summed E-state index contributed by atoms with van der Waals surface area (Å²) in [6.45, 7) is 6.63. The Morgan fingerprint density at radius 2 is 1.94 bits per heavy atom. The molecule has 0 aromatic rings. The molecule has 1 aliphatic heterocycles. The van der Waals surface area contributed by atoms with Crippen molar-refractivity contribution in [1.29, 1.82) is 0 Å². The maximum atomic E-state index is 12.0. The van der Waals surface area contributed by atoms with Crippen molar-refractivity contribution in [2.75, 3.05) is 26.2 Å². The van der Waals surface area contributed by atoms with Crippen LogP contribution in [-0.2, 0) is 9.59 Å². The van der Waals surface area contributed by atoms with Crippen molar-refractivity contribution in [3.8, 4) is 0 Å². The van der Waals surface area contributed by atoms with Gasteiger partial charge in [0, 0.05) is 45.1 Å². The first kappa shape index (κ1) is 15.0. The molecule has 0 aromatic carbocycles. The van der Waals surface area contributed by atoms with Crippen LogP contribution in [0.15, 0.2) is 0 Å². The Balaban J connectivity index is 2.39. The summed E-state index contributed by atoms with van der Waals surface area (Å²) in [6, 6.07) is 0.182. The van der Waals surface area contributed by atoms with Gasteiger partial charge >= 0.3 is 0 Å². The normalized spacial score (nSPS) is 19.1. The lowest BCUT2D eigenvalue weighted by Crippen LogP contribution is -2.40. The van der Waals surface area contributed by atoms with Gasteiger partial charge < -0.3 is 15.5 Å².